The summed E-state index contributed by atoms with van der Waals surface area (Å²) in [7, 11) is 0. The van der Waals surface area contributed by atoms with Crippen molar-refractivity contribution in [2.45, 2.75) is 79.4 Å². The van der Waals surface area contributed by atoms with Gasteiger partial charge >= 0.3 is 0 Å². The second-order valence-electron chi connectivity index (χ2n) is 8.81. The van der Waals surface area contributed by atoms with Crippen molar-refractivity contribution >= 4 is 5.91 Å². The fraction of sp³-hybridized carbons (Fsp3) is 0.480. The SMILES string of the molecule is CC[C@H](Oc1ccc(C(C)(C)C)cc1)C(=O)N[C@@H](C)c1cc(C)c(C)cc1C. The van der Waals surface area contributed by atoms with E-state index in [0.717, 1.165) is 11.3 Å². The Morgan fingerprint density at radius 3 is 2.11 bits per heavy atom. The highest BCUT2D eigenvalue weighted by Gasteiger charge is 2.22. The number of amides is 1. The molecule has 2 rings (SSSR count). The third-order valence-electron chi connectivity index (χ3n) is 5.37. The number of hydrogen-bond acceptors (Lipinski definition) is 2. The molecule has 152 valence electrons. The lowest BCUT2D eigenvalue weighted by Gasteiger charge is -2.23. The first-order chi connectivity index (χ1) is 13.0. The van der Waals surface area contributed by atoms with E-state index in [1.807, 2.05) is 26.0 Å². The van der Waals surface area contributed by atoms with Gasteiger partial charge in [-0.3, -0.25) is 4.79 Å². The Balaban J connectivity index is 2.08. The van der Waals surface area contributed by atoms with Crippen molar-refractivity contribution in [3.8, 4) is 5.75 Å². The fourth-order valence-corrected chi connectivity index (χ4v) is 3.35. The zero-order chi connectivity index (χ0) is 21.1. The Bertz CT molecular complexity index is 816. The number of hydrogen-bond donors (Lipinski definition) is 1. The van der Waals surface area contributed by atoms with E-state index in [4.69, 9.17) is 4.74 Å². The molecule has 0 aromatic heterocycles. The summed E-state index contributed by atoms with van der Waals surface area (Å²) >= 11 is 0. The van der Waals surface area contributed by atoms with Gasteiger partial charge in [0.05, 0.1) is 6.04 Å². The first kappa shape index (κ1) is 22.0. The van der Waals surface area contributed by atoms with E-state index in [-0.39, 0.29) is 17.4 Å². The van der Waals surface area contributed by atoms with Crippen LogP contribution in [0.1, 0.15) is 74.9 Å². The third-order valence-corrected chi connectivity index (χ3v) is 5.37. The van der Waals surface area contributed by atoms with Gasteiger partial charge in [0.2, 0.25) is 0 Å². The molecule has 3 heteroatoms. The summed E-state index contributed by atoms with van der Waals surface area (Å²) < 4.78 is 5.99. The van der Waals surface area contributed by atoms with Gasteiger partial charge in [0.25, 0.3) is 5.91 Å². The molecule has 0 aliphatic heterocycles. The standard InChI is InChI=1S/C25H35NO2/c1-9-23(28-21-12-10-20(11-13-21)25(6,7)8)24(27)26-19(5)22-15-17(3)16(2)14-18(22)4/h10-15,19,23H,9H2,1-8H3,(H,26,27)/t19-,23-/m0/s1. The Kier molecular flexibility index (Phi) is 6.92. The van der Waals surface area contributed by atoms with Crippen LogP contribution in [0.4, 0.5) is 0 Å². The number of carbonyl (C=O) groups excluding carboxylic acids is 1. The largest absolute Gasteiger partial charge is 0.481 e. The average Bonchev–Trinajstić information content (AvgIpc) is 2.62. The quantitative estimate of drug-likeness (QED) is 0.672. The van der Waals surface area contributed by atoms with Crippen LogP contribution in [-0.2, 0) is 10.2 Å². The smallest absolute Gasteiger partial charge is 0.261 e. The topological polar surface area (TPSA) is 38.3 Å². The molecule has 0 saturated carbocycles. The second-order valence-corrected chi connectivity index (χ2v) is 8.81. The maximum atomic E-state index is 12.8. The minimum Gasteiger partial charge on any atom is -0.481 e. The molecule has 2 aromatic carbocycles. The van der Waals surface area contributed by atoms with Gasteiger partial charge in [-0.05, 0) is 79.5 Å². The molecule has 0 bridgehead atoms. The van der Waals surface area contributed by atoms with E-state index < -0.39 is 6.10 Å². The Labute approximate surface area is 170 Å². The van der Waals surface area contributed by atoms with Crippen LogP contribution in [0.25, 0.3) is 0 Å². The summed E-state index contributed by atoms with van der Waals surface area (Å²) in [5.41, 5.74) is 6.20. The highest BCUT2D eigenvalue weighted by atomic mass is 16.5. The highest BCUT2D eigenvalue weighted by molar-refractivity contribution is 5.81. The van der Waals surface area contributed by atoms with Gasteiger partial charge in [-0.15, -0.1) is 0 Å². The molecular formula is C25H35NO2. The molecule has 1 N–H and O–H groups in total. The van der Waals surface area contributed by atoms with E-state index >= 15 is 0 Å². The number of rotatable bonds is 6. The zero-order valence-electron chi connectivity index (χ0n) is 18.6. The summed E-state index contributed by atoms with van der Waals surface area (Å²) in [6.07, 6.45) is 0.112. The minimum absolute atomic E-state index is 0.0623. The van der Waals surface area contributed by atoms with Crippen LogP contribution in [0, 0.1) is 20.8 Å². The number of benzene rings is 2. The molecule has 1 amide bonds. The molecule has 0 unspecified atom stereocenters. The maximum absolute atomic E-state index is 12.8. The van der Waals surface area contributed by atoms with Gasteiger partial charge in [-0.2, -0.15) is 0 Å². The lowest BCUT2D eigenvalue weighted by atomic mass is 9.87. The van der Waals surface area contributed by atoms with Crippen molar-refractivity contribution in [3.05, 3.63) is 64.2 Å². The molecular weight excluding hydrogens is 346 g/mol. The van der Waals surface area contributed by atoms with Crippen LogP contribution >= 0.6 is 0 Å². The molecule has 3 nitrogen and oxygen atoms in total. The Morgan fingerprint density at radius 2 is 1.57 bits per heavy atom. The summed E-state index contributed by atoms with van der Waals surface area (Å²) in [4.78, 5) is 12.8. The molecule has 0 heterocycles. The third kappa shape index (κ3) is 5.37. The van der Waals surface area contributed by atoms with Crippen LogP contribution in [0.5, 0.6) is 5.75 Å². The van der Waals surface area contributed by atoms with Crippen molar-refractivity contribution in [2.75, 3.05) is 0 Å². The van der Waals surface area contributed by atoms with Gasteiger partial charge in [-0.1, -0.05) is 52.0 Å². The van der Waals surface area contributed by atoms with Crippen LogP contribution < -0.4 is 10.1 Å². The number of carbonyl (C=O) groups is 1. The predicted molar refractivity (Wildman–Crippen MR) is 117 cm³/mol. The zero-order valence-corrected chi connectivity index (χ0v) is 18.6. The molecule has 2 atom stereocenters. The van der Waals surface area contributed by atoms with Gasteiger partial charge in [0.1, 0.15) is 5.75 Å². The molecule has 0 aliphatic carbocycles. The first-order valence-electron chi connectivity index (χ1n) is 10.2. The van der Waals surface area contributed by atoms with E-state index in [1.165, 1.54) is 22.3 Å². The van der Waals surface area contributed by atoms with Crippen molar-refractivity contribution in [2.24, 2.45) is 0 Å². The average molecular weight is 382 g/mol. The Hall–Kier alpha value is -2.29. The number of ether oxygens (including phenoxy) is 1. The van der Waals surface area contributed by atoms with E-state index in [1.54, 1.807) is 0 Å². The van der Waals surface area contributed by atoms with Gasteiger partial charge in [-0.25, -0.2) is 0 Å². The minimum atomic E-state index is -0.505. The molecule has 28 heavy (non-hydrogen) atoms. The molecule has 0 aliphatic rings. The van der Waals surface area contributed by atoms with Crippen LogP contribution in [0.3, 0.4) is 0 Å². The van der Waals surface area contributed by atoms with E-state index in [0.29, 0.717) is 6.42 Å². The van der Waals surface area contributed by atoms with Crippen molar-refractivity contribution < 1.29 is 9.53 Å². The summed E-state index contributed by atoms with van der Waals surface area (Å²) in [5.74, 6) is 0.650. The van der Waals surface area contributed by atoms with Crippen LogP contribution in [-0.4, -0.2) is 12.0 Å². The highest BCUT2D eigenvalue weighted by Crippen LogP contribution is 2.25. The monoisotopic (exact) mass is 381 g/mol. The summed E-state index contributed by atoms with van der Waals surface area (Å²) in [5, 5.41) is 3.13. The molecule has 0 saturated heterocycles. The number of aryl methyl sites for hydroxylation is 3. The van der Waals surface area contributed by atoms with Gasteiger partial charge in [0.15, 0.2) is 6.10 Å². The summed E-state index contributed by atoms with van der Waals surface area (Å²) in [6.45, 7) is 16.9. The van der Waals surface area contributed by atoms with Crippen molar-refractivity contribution in [1.29, 1.82) is 0 Å². The normalized spacial score (nSPS) is 13.7. The fourth-order valence-electron chi connectivity index (χ4n) is 3.35. The lowest BCUT2D eigenvalue weighted by molar-refractivity contribution is -0.128. The molecule has 0 radical (unpaired) electrons. The molecule has 0 fully saturated rings. The second kappa shape index (κ2) is 8.81. The van der Waals surface area contributed by atoms with Crippen molar-refractivity contribution in [3.63, 3.8) is 0 Å². The van der Waals surface area contributed by atoms with Crippen molar-refractivity contribution in [1.82, 2.24) is 5.32 Å². The number of nitrogens with one attached hydrogen (secondary N) is 1. The molecule has 2 aromatic rings. The lowest BCUT2D eigenvalue weighted by Crippen LogP contribution is -2.39. The van der Waals surface area contributed by atoms with Crippen LogP contribution in [0.15, 0.2) is 36.4 Å². The van der Waals surface area contributed by atoms with Crippen LogP contribution in [0.2, 0.25) is 0 Å². The van der Waals surface area contributed by atoms with E-state index in [9.17, 15) is 4.79 Å². The van der Waals surface area contributed by atoms with E-state index in [2.05, 4.69) is 71.1 Å². The maximum Gasteiger partial charge on any atom is 0.261 e. The van der Waals surface area contributed by atoms with Gasteiger partial charge < -0.3 is 10.1 Å². The Morgan fingerprint density at radius 1 is 1.00 bits per heavy atom. The first-order valence-corrected chi connectivity index (χ1v) is 10.2. The summed E-state index contributed by atoms with van der Waals surface area (Å²) in [6, 6.07) is 12.3. The predicted octanol–water partition coefficient (Wildman–Crippen LogP) is 5.94. The molecule has 0 spiro atoms. The van der Waals surface area contributed by atoms with Gasteiger partial charge in [0, 0.05) is 0 Å².